The van der Waals surface area contributed by atoms with Gasteiger partial charge < -0.3 is 19.3 Å². The van der Waals surface area contributed by atoms with Gasteiger partial charge in [-0.25, -0.2) is 0 Å². The van der Waals surface area contributed by atoms with Gasteiger partial charge in [0.25, 0.3) is 0 Å². The van der Waals surface area contributed by atoms with Crippen LogP contribution in [0.5, 0.6) is 11.5 Å². The fourth-order valence-corrected chi connectivity index (χ4v) is 3.04. The maximum Gasteiger partial charge on any atom is 0.246 e. The Labute approximate surface area is 161 Å². The highest BCUT2D eigenvalue weighted by Gasteiger charge is 2.20. The van der Waals surface area contributed by atoms with Crippen LogP contribution in [0.4, 0.5) is 0 Å². The Morgan fingerprint density at radius 1 is 1.11 bits per heavy atom. The number of benzene rings is 1. The number of rotatable bonds is 7. The Hall–Kier alpha value is -2.34. The molecule has 1 aliphatic rings. The van der Waals surface area contributed by atoms with Gasteiger partial charge in [0.05, 0.1) is 19.3 Å². The van der Waals surface area contributed by atoms with Gasteiger partial charge in [-0.2, -0.15) is 0 Å². The largest absolute Gasteiger partial charge is 0.496 e. The number of carbonyl (C=O) groups is 2. The van der Waals surface area contributed by atoms with E-state index in [-0.39, 0.29) is 17.6 Å². The Kier molecular flexibility index (Phi) is 7.42. The van der Waals surface area contributed by atoms with Gasteiger partial charge in [0.15, 0.2) is 5.78 Å². The molecule has 1 aliphatic heterocycles. The van der Waals surface area contributed by atoms with E-state index in [0.717, 1.165) is 24.4 Å². The van der Waals surface area contributed by atoms with Gasteiger partial charge in [0, 0.05) is 38.3 Å². The van der Waals surface area contributed by atoms with E-state index in [1.807, 2.05) is 33.9 Å². The minimum absolute atomic E-state index is 0.134. The third-order valence-electron chi connectivity index (χ3n) is 4.71. The number of allylic oxidation sites excluding steroid dienone is 1. The minimum Gasteiger partial charge on any atom is -0.496 e. The van der Waals surface area contributed by atoms with Gasteiger partial charge in [-0.05, 0) is 37.6 Å². The number of ketones is 1. The summed E-state index contributed by atoms with van der Waals surface area (Å²) in [5.41, 5.74) is 1.38. The lowest BCUT2D eigenvalue weighted by atomic mass is 9.97. The van der Waals surface area contributed by atoms with E-state index in [1.54, 1.807) is 11.0 Å². The van der Waals surface area contributed by atoms with Crippen LogP contribution >= 0.6 is 0 Å². The van der Waals surface area contributed by atoms with Gasteiger partial charge in [-0.3, -0.25) is 9.59 Å². The fraction of sp³-hybridized carbons (Fsp3) is 0.524. The molecule has 0 bridgehead atoms. The fourth-order valence-electron chi connectivity index (χ4n) is 3.04. The zero-order valence-corrected chi connectivity index (χ0v) is 16.9. The molecule has 148 valence electrons. The van der Waals surface area contributed by atoms with Crippen molar-refractivity contribution in [1.29, 1.82) is 0 Å². The van der Waals surface area contributed by atoms with Gasteiger partial charge in [0.1, 0.15) is 11.5 Å². The smallest absolute Gasteiger partial charge is 0.246 e. The lowest BCUT2D eigenvalue weighted by Gasteiger charge is -2.31. The van der Waals surface area contributed by atoms with Crippen molar-refractivity contribution in [1.82, 2.24) is 9.80 Å². The summed E-state index contributed by atoms with van der Waals surface area (Å²) in [7, 11) is 3.56. The highest BCUT2D eigenvalue weighted by molar-refractivity contribution is 6.09. The number of ether oxygens (including phenoxy) is 2. The number of piperazine rings is 1. The number of methoxy groups -OCH3 is 1. The zero-order chi connectivity index (χ0) is 20.0. The molecule has 6 heteroatoms. The third kappa shape index (κ3) is 5.32. The van der Waals surface area contributed by atoms with Crippen LogP contribution in [0.2, 0.25) is 0 Å². The Bertz CT molecular complexity index is 704. The Morgan fingerprint density at radius 2 is 1.78 bits per heavy atom. The van der Waals surface area contributed by atoms with E-state index in [4.69, 9.17) is 9.47 Å². The lowest BCUT2D eigenvalue weighted by Crippen LogP contribution is -2.46. The average molecular weight is 374 g/mol. The van der Waals surface area contributed by atoms with Gasteiger partial charge in [-0.15, -0.1) is 0 Å². The molecule has 1 saturated heterocycles. The van der Waals surface area contributed by atoms with E-state index in [0.29, 0.717) is 31.0 Å². The van der Waals surface area contributed by atoms with Crippen molar-refractivity contribution >= 4 is 11.7 Å². The van der Waals surface area contributed by atoms with E-state index in [2.05, 4.69) is 4.90 Å². The molecule has 1 amide bonds. The van der Waals surface area contributed by atoms with E-state index in [1.165, 1.54) is 19.3 Å². The molecule has 0 unspecified atom stereocenters. The number of nitrogens with zero attached hydrogens (tertiary/aromatic N) is 2. The third-order valence-corrected chi connectivity index (χ3v) is 4.71. The quantitative estimate of drug-likeness (QED) is 0.543. The molecule has 1 fully saturated rings. The van der Waals surface area contributed by atoms with Gasteiger partial charge >= 0.3 is 0 Å². The van der Waals surface area contributed by atoms with E-state index < -0.39 is 0 Å². The standard InChI is InChI=1S/C21H30N2O4/c1-6-27-20-14-19(26-5)17(13-16(20)15(2)3)18(24)7-8-21(25)23-11-9-22(4)10-12-23/h7-8,13-15H,6,9-12H2,1-5H3. The van der Waals surface area contributed by atoms with E-state index >= 15 is 0 Å². The number of likely N-dealkylation sites (N-methyl/N-ethyl adjacent to an activating group) is 1. The summed E-state index contributed by atoms with van der Waals surface area (Å²) in [6.07, 6.45) is 2.70. The predicted octanol–water partition coefficient (Wildman–Crippen LogP) is 2.73. The van der Waals surface area contributed by atoms with Crippen LogP contribution in [-0.2, 0) is 4.79 Å². The number of carbonyl (C=O) groups excluding carboxylic acids is 2. The first-order valence-electron chi connectivity index (χ1n) is 9.42. The maximum atomic E-state index is 12.7. The summed E-state index contributed by atoms with van der Waals surface area (Å²) in [5, 5.41) is 0. The van der Waals surface area contributed by atoms with Crippen molar-refractivity contribution in [2.45, 2.75) is 26.7 Å². The Balaban J connectivity index is 2.21. The van der Waals surface area contributed by atoms with Crippen LogP contribution in [0.3, 0.4) is 0 Å². The average Bonchev–Trinajstić information content (AvgIpc) is 2.66. The first-order chi connectivity index (χ1) is 12.9. The molecule has 1 aromatic carbocycles. The first kappa shape index (κ1) is 21.0. The molecule has 0 radical (unpaired) electrons. The predicted molar refractivity (Wildman–Crippen MR) is 106 cm³/mol. The van der Waals surface area contributed by atoms with Crippen LogP contribution in [0.15, 0.2) is 24.3 Å². The normalized spacial score (nSPS) is 15.4. The van der Waals surface area contributed by atoms with Gasteiger partial charge in [-0.1, -0.05) is 13.8 Å². The SMILES string of the molecule is CCOc1cc(OC)c(C(=O)C=CC(=O)N2CCN(C)CC2)cc1C(C)C. The van der Waals surface area contributed by atoms with Crippen LogP contribution in [0, 0.1) is 0 Å². The summed E-state index contributed by atoms with van der Waals surface area (Å²) < 4.78 is 11.1. The summed E-state index contributed by atoms with van der Waals surface area (Å²) in [6.45, 7) is 9.60. The van der Waals surface area contributed by atoms with Crippen molar-refractivity contribution in [2.24, 2.45) is 0 Å². The summed E-state index contributed by atoms with van der Waals surface area (Å²) in [4.78, 5) is 29.0. The minimum atomic E-state index is -0.251. The molecule has 1 aromatic rings. The number of hydrogen-bond acceptors (Lipinski definition) is 5. The molecule has 0 aliphatic carbocycles. The molecular formula is C21H30N2O4. The van der Waals surface area contributed by atoms with Gasteiger partial charge in [0.2, 0.25) is 5.91 Å². The van der Waals surface area contributed by atoms with Crippen molar-refractivity contribution in [3.05, 3.63) is 35.4 Å². The van der Waals surface area contributed by atoms with Crippen LogP contribution in [-0.4, -0.2) is 68.4 Å². The molecule has 2 rings (SSSR count). The second kappa shape index (κ2) is 9.55. The molecule has 6 nitrogen and oxygen atoms in total. The van der Waals surface area contributed by atoms with Crippen molar-refractivity contribution in [3.8, 4) is 11.5 Å². The molecule has 1 heterocycles. The molecule has 27 heavy (non-hydrogen) atoms. The maximum absolute atomic E-state index is 12.7. The second-order valence-electron chi connectivity index (χ2n) is 7.00. The molecule has 0 spiro atoms. The number of amides is 1. The Morgan fingerprint density at radius 3 is 2.33 bits per heavy atom. The van der Waals surface area contributed by atoms with Crippen molar-refractivity contribution < 1.29 is 19.1 Å². The molecule has 0 aromatic heterocycles. The van der Waals surface area contributed by atoms with Crippen LogP contribution < -0.4 is 9.47 Å². The second-order valence-corrected chi connectivity index (χ2v) is 7.00. The molecular weight excluding hydrogens is 344 g/mol. The molecule has 0 atom stereocenters. The van der Waals surface area contributed by atoms with E-state index in [9.17, 15) is 9.59 Å². The highest BCUT2D eigenvalue weighted by atomic mass is 16.5. The van der Waals surface area contributed by atoms with Crippen LogP contribution in [0.25, 0.3) is 0 Å². The first-order valence-corrected chi connectivity index (χ1v) is 9.42. The lowest BCUT2D eigenvalue weighted by molar-refractivity contribution is -0.127. The summed E-state index contributed by atoms with van der Waals surface area (Å²) in [5.74, 6) is 0.979. The monoisotopic (exact) mass is 374 g/mol. The zero-order valence-electron chi connectivity index (χ0n) is 16.9. The highest BCUT2D eigenvalue weighted by Crippen LogP contribution is 2.34. The summed E-state index contributed by atoms with van der Waals surface area (Å²) in [6, 6.07) is 3.56. The van der Waals surface area contributed by atoms with Crippen molar-refractivity contribution in [2.75, 3.05) is 46.9 Å². The molecule has 0 N–H and O–H groups in total. The number of hydrogen-bond donors (Lipinski definition) is 0. The van der Waals surface area contributed by atoms with Crippen LogP contribution in [0.1, 0.15) is 42.6 Å². The summed E-state index contributed by atoms with van der Waals surface area (Å²) >= 11 is 0. The van der Waals surface area contributed by atoms with Crippen molar-refractivity contribution in [3.63, 3.8) is 0 Å². The topological polar surface area (TPSA) is 59.1 Å². The molecule has 0 saturated carbocycles.